The maximum absolute atomic E-state index is 12.6. The minimum absolute atomic E-state index is 0.0536. The number of hydrogen-bond acceptors (Lipinski definition) is 4. The number of benzene rings is 1. The summed E-state index contributed by atoms with van der Waals surface area (Å²) in [5, 5.41) is 7.37. The van der Waals surface area contributed by atoms with Crippen molar-refractivity contribution in [1.29, 1.82) is 0 Å². The highest BCUT2D eigenvalue weighted by Gasteiger charge is 2.30. The van der Waals surface area contributed by atoms with Crippen molar-refractivity contribution in [3.8, 4) is 5.75 Å². The zero-order valence-corrected chi connectivity index (χ0v) is 14.7. The van der Waals surface area contributed by atoms with Crippen molar-refractivity contribution in [2.75, 3.05) is 0 Å². The van der Waals surface area contributed by atoms with Crippen LogP contribution >= 0.6 is 12.2 Å². The van der Waals surface area contributed by atoms with E-state index in [-0.39, 0.29) is 11.7 Å². The first-order valence-electron chi connectivity index (χ1n) is 7.87. The van der Waals surface area contributed by atoms with Gasteiger partial charge in [-0.05, 0) is 42.9 Å². The van der Waals surface area contributed by atoms with E-state index in [2.05, 4.69) is 15.2 Å². The largest absolute Gasteiger partial charge is 0.435 e. The Labute approximate surface area is 154 Å². The number of carbonyl (C=O) groups is 1. The minimum Gasteiger partial charge on any atom is -0.435 e. The zero-order valence-electron chi connectivity index (χ0n) is 13.9. The van der Waals surface area contributed by atoms with E-state index in [1.54, 1.807) is 29.1 Å². The van der Waals surface area contributed by atoms with Crippen molar-refractivity contribution >= 4 is 29.3 Å². The summed E-state index contributed by atoms with van der Waals surface area (Å²) >= 11 is 5.24. The molecule has 1 aliphatic heterocycles. The molecule has 0 bridgehead atoms. The van der Waals surface area contributed by atoms with Gasteiger partial charge in [0.25, 0.3) is 5.91 Å². The molecule has 1 aliphatic rings. The van der Waals surface area contributed by atoms with Crippen LogP contribution in [0.4, 0.5) is 8.78 Å². The fourth-order valence-electron chi connectivity index (χ4n) is 2.47. The summed E-state index contributed by atoms with van der Waals surface area (Å²) in [6.45, 7) is 0.166. The molecule has 1 saturated heterocycles. The van der Waals surface area contributed by atoms with Crippen LogP contribution < -0.4 is 10.1 Å². The average molecular weight is 378 g/mol. The fourth-order valence-corrected chi connectivity index (χ4v) is 2.73. The van der Waals surface area contributed by atoms with Crippen LogP contribution in [-0.2, 0) is 17.9 Å². The molecule has 0 aliphatic carbocycles. The number of alkyl halides is 2. The third-order valence-electron chi connectivity index (χ3n) is 3.73. The van der Waals surface area contributed by atoms with Crippen LogP contribution in [-0.4, -0.2) is 32.3 Å². The van der Waals surface area contributed by atoms with Crippen molar-refractivity contribution in [2.24, 2.45) is 0 Å². The number of carbonyl (C=O) groups excluding carboxylic acids is 1. The highest BCUT2D eigenvalue weighted by Crippen LogP contribution is 2.19. The number of nitrogens with zero attached hydrogens (tertiary/aromatic N) is 3. The van der Waals surface area contributed by atoms with Gasteiger partial charge in [0.05, 0.1) is 12.7 Å². The Morgan fingerprint density at radius 3 is 2.69 bits per heavy atom. The Hall–Kier alpha value is -2.81. The average Bonchev–Trinajstić information content (AvgIpc) is 3.16. The highest BCUT2D eigenvalue weighted by atomic mass is 32.1. The van der Waals surface area contributed by atoms with Crippen molar-refractivity contribution in [3.05, 3.63) is 53.5 Å². The molecule has 9 heteroatoms. The first kappa shape index (κ1) is 18.0. The Balaban J connectivity index is 1.72. The summed E-state index contributed by atoms with van der Waals surface area (Å²) in [5.74, 6) is -0.204. The summed E-state index contributed by atoms with van der Waals surface area (Å²) in [6, 6.07) is 5.98. The Morgan fingerprint density at radius 2 is 2.08 bits per heavy atom. The smallest absolute Gasteiger partial charge is 0.387 e. The fraction of sp³-hybridized carbons (Fsp3) is 0.235. The molecule has 0 saturated carbocycles. The third-order valence-corrected chi connectivity index (χ3v) is 4.05. The molecule has 26 heavy (non-hydrogen) atoms. The van der Waals surface area contributed by atoms with Gasteiger partial charge in [-0.2, -0.15) is 13.9 Å². The van der Waals surface area contributed by atoms with Gasteiger partial charge in [0, 0.05) is 18.3 Å². The van der Waals surface area contributed by atoms with E-state index in [0.29, 0.717) is 22.9 Å². The standard InChI is InChI=1S/C17H16F2N4O2S/c1-2-22-9-12(8-20-22)10-23-15(24)14(21-17(23)26)7-11-3-5-13(6-4-11)25-16(18)19/h3-9,16H,2,10H2,1H3,(H,21,26)/b14-7+. The number of thiocarbonyl (C=S) groups is 1. The first-order valence-corrected chi connectivity index (χ1v) is 8.28. The van der Waals surface area contributed by atoms with E-state index in [0.717, 1.165) is 12.1 Å². The van der Waals surface area contributed by atoms with Gasteiger partial charge >= 0.3 is 6.61 Å². The van der Waals surface area contributed by atoms with Crippen molar-refractivity contribution in [3.63, 3.8) is 0 Å². The summed E-state index contributed by atoms with van der Waals surface area (Å²) in [4.78, 5) is 14.0. The molecule has 1 amide bonds. The van der Waals surface area contributed by atoms with Crippen LogP contribution in [0.3, 0.4) is 0 Å². The third kappa shape index (κ3) is 4.05. The molecule has 1 aromatic carbocycles. The van der Waals surface area contributed by atoms with Gasteiger partial charge in [-0.15, -0.1) is 0 Å². The quantitative estimate of drug-likeness (QED) is 0.619. The van der Waals surface area contributed by atoms with Crippen LogP contribution in [0.5, 0.6) is 5.75 Å². The lowest BCUT2D eigenvalue weighted by atomic mass is 10.2. The highest BCUT2D eigenvalue weighted by molar-refractivity contribution is 7.80. The predicted molar refractivity (Wildman–Crippen MR) is 95.2 cm³/mol. The molecule has 0 radical (unpaired) electrons. The van der Waals surface area contributed by atoms with Crippen LogP contribution in [0, 0.1) is 0 Å². The van der Waals surface area contributed by atoms with E-state index in [9.17, 15) is 13.6 Å². The Morgan fingerprint density at radius 1 is 1.35 bits per heavy atom. The predicted octanol–water partition coefficient (Wildman–Crippen LogP) is 2.76. The Kier molecular flexibility index (Phi) is 5.27. The summed E-state index contributed by atoms with van der Waals surface area (Å²) < 4.78 is 30.4. The van der Waals surface area contributed by atoms with E-state index in [1.807, 2.05) is 13.1 Å². The molecule has 0 atom stereocenters. The van der Waals surface area contributed by atoms with E-state index >= 15 is 0 Å². The van der Waals surface area contributed by atoms with Gasteiger partial charge in [-0.25, -0.2) is 0 Å². The molecular formula is C17H16F2N4O2S. The normalized spacial score (nSPS) is 15.8. The minimum atomic E-state index is -2.87. The second kappa shape index (κ2) is 7.61. The number of aryl methyl sites for hydroxylation is 1. The van der Waals surface area contributed by atoms with E-state index in [1.165, 1.54) is 17.0 Å². The maximum Gasteiger partial charge on any atom is 0.387 e. The number of nitrogens with one attached hydrogen (secondary N) is 1. The summed E-state index contributed by atoms with van der Waals surface area (Å²) in [6.07, 6.45) is 5.17. The number of amides is 1. The van der Waals surface area contributed by atoms with E-state index in [4.69, 9.17) is 12.2 Å². The number of hydrogen-bond donors (Lipinski definition) is 1. The van der Waals surface area contributed by atoms with Crippen molar-refractivity contribution < 1.29 is 18.3 Å². The summed E-state index contributed by atoms with van der Waals surface area (Å²) in [5.41, 5.74) is 1.85. The number of ether oxygens (including phenoxy) is 1. The number of rotatable bonds is 6. The summed E-state index contributed by atoms with van der Waals surface area (Å²) in [7, 11) is 0. The van der Waals surface area contributed by atoms with Gasteiger partial charge in [-0.3, -0.25) is 14.4 Å². The Bertz CT molecular complexity index is 849. The molecule has 1 N–H and O–H groups in total. The SMILES string of the molecule is CCn1cc(CN2C(=O)/C(=C\c3ccc(OC(F)F)cc3)NC2=S)cn1. The van der Waals surface area contributed by atoms with Gasteiger partial charge < -0.3 is 10.1 Å². The second-order valence-corrected chi connectivity index (χ2v) is 5.92. The molecule has 1 aromatic heterocycles. The van der Waals surface area contributed by atoms with Gasteiger partial charge in [0.2, 0.25) is 0 Å². The molecule has 2 aromatic rings. The van der Waals surface area contributed by atoms with Crippen LogP contribution in [0.1, 0.15) is 18.1 Å². The molecule has 136 valence electrons. The molecule has 0 unspecified atom stereocenters. The topological polar surface area (TPSA) is 59.4 Å². The zero-order chi connectivity index (χ0) is 18.7. The van der Waals surface area contributed by atoms with Crippen LogP contribution in [0.2, 0.25) is 0 Å². The molecular weight excluding hydrogens is 362 g/mol. The molecule has 3 rings (SSSR count). The van der Waals surface area contributed by atoms with Gasteiger partial charge in [-0.1, -0.05) is 12.1 Å². The van der Waals surface area contributed by atoms with Gasteiger partial charge in [0.15, 0.2) is 5.11 Å². The second-order valence-electron chi connectivity index (χ2n) is 5.53. The molecule has 6 nitrogen and oxygen atoms in total. The van der Waals surface area contributed by atoms with Crippen molar-refractivity contribution in [2.45, 2.75) is 26.6 Å². The van der Waals surface area contributed by atoms with Crippen molar-refractivity contribution in [1.82, 2.24) is 20.0 Å². The molecule has 2 heterocycles. The lowest BCUT2D eigenvalue weighted by Gasteiger charge is -2.12. The van der Waals surface area contributed by atoms with E-state index < -0.39 is 6.61 Å². The van der Waals surface area contributed by atoms with Crippen LogP contribution in [0.25, 0.3) is 6.08 Å². The maximum atomic E-state index is 12.6. The lowest BCUT2D eigenvalue weighted by Crippen LogP contribution is -2.29. The first-order chi connectivity index (χ1) is 12.5. The number of halogens is 2. The van der Waals surface area contributed by atoms with Crippen LogP contribution in [0.15, 0.2) is 42.4 Å². The van der Waals surface area contributed by atoms with Gasteiger partial charge in [0.1, 0.15) is 11.4 Å². The monoisotopic (exact) mass is 378 g/mol. The lowest BCUT2D eigenvalue weighted by molar-refractivity contribution is -0.122. The number of aromatic nitrogens is 2. The molecule has 0 spiro atoms. The molecule has 1 fully saturated rings.